The lowest BCUT2D eigenvalue weighted by molar-refractivity contribution is -0.385. The fourth-order valence-electron chi connectivity index (χ4n) is 1.53. The van der Waals surface area contributed by atoms with Gasteiger partial charge in [-0.1, -0.05) is 6.07 Å². The summed E-state index contributed by atoms with van der Waals surface area (Å²) in [5.74, 6) is -1.56. The van der Waals surface area contributed by atoms with Crippen molar-refractivity contribution in [1.82, 2.24) is 4.98 Å². The molecule has 0 spiro atoms. The SMILES string of the molecule is O=C(Nc1cc(F)cc([N+](=O)[O-])c1)c1cccc(=O)[nH]1. The first-order valence-electron chi connectivity index (χ1n) is 5.41. The Morgan fingerprint density at radius 1 is 1.30 bits per heavy atom. The highest BCUT2D eigenvalue weighted by Crippen LogP contribution is 2.20. The van der Waals surface area contributed by atoms with Gasteiger partial charge in [0.15, 0.2) is 0 Å². The molecule has 0 atom stereocenters. The summed E-state index contributed by atoms with van der Waals surface area (Å²) in [5, 5.41) is 12.9. The predicted octanol–water partition coefficient (Wildman–Crippen LogP) is 1.67. The maximum Gasteiger partial charge on any atom is 0.274 e. The van der Waals surface area contributed by atoms with Crippen molar-refractivity contribution < 1.29 is 14.1 Å². The zero-order valence-corrected chi connectivity index (χ0v) is 9.92. The molecule has 0 aliphatic heterocycles. The number of H-pyrrole nitrogens is 1. The Balaban J connectivity index is 2.28. The lowest BCUT2D eigenvalue weighted by Crippen LogP contribution is -2.18. The fraction of sp³-hybridized carbons (Fsp3) is 0. The minimum Gasteiger partial charge on any atom is -0.320 e. The van der Waals surface area contributed by atoms with Crippen LogP contribution in [0.15, 0.2) is 41.2 Å². The average molecular weight is 277 g/mol. The molecule has 20 heavy (non-hydrogen) atoms. The number of benzene rings is 1. The van der Waals surface area contributed by atoms with Gasteiger partial charge >= 0.3 is 0 Å². The van der Waals surface area contributed by atoms with Gasteiger partial charge in [0, 0.05) is 12.1 Å². The number of halogens is 1. The number of carbonyl (C=O) groups excluding carboxylic acids is 1. The molecule has 0 saturated carbocycles. The second kappa shape index (κ2) is 5.31. The first-order chi connectivity index (χ1) is 9.45. The van der Waals surface area contributed by atoms with E-state index in [2.05, 4.69) is 10.3 Å². The number of nitrogens with zero attached hydrogens (tertiary/aromatic N) is 1. The van der Waals surface area contributed by atoms with Crippen LogP contribution in [0.4, 0.5) is 15.8 Å². The number of nitrogens with one attached hydrogen (secondary N) is 2. The quantitative estimate of drug-likeness (QED) is 0.657. The molecule has 2 aromatic rings. The van der Waals surface area contributed by atoms with Gasteiger partial charge in [0.1, 0.15) is 11.5 Å². The van der Waals surface area contributed by atoms with Crippen molar-refractivity contribution in [3.8, 4) is 0 Å². The highest BCUT2D eigenvalue weighted by molar-refractivity contribution is 6.02. The molecule has 2 N–H and O–H groups in total. The molecule has 1 heterocycles. The van der Waals surface area contributed by atoms with Gasteiger partial charge in [0.25, 0.3) is 11.6 Å². The molecule has 0 bridgehead atoms. The standard InChI is InChI=1S/C12H8FN3O4/c13-7-4-8(6-9(5-7)16(19)20)14-12(18)10-2-1-3-11(17)15-10/h1-6H,(H,14,18)(H,15,17). The molecule has 0 fully saturated rings. The molecule has 0 aliphatic rings. The number of aromatic nitrogens is 1. The Bertz CT molecular complexity index is 741. The van der Waals surface area contributed by atoms with E-state index in [1.807, 2.05) is 0 Å². The fourth-order valence-corrected chi connectivity index (χ4v) is 1.53. The summed E-state index contributed by atoms with van der Waals surface area (Å²) in [7, 11) is 0. The first-order valence-corrected chi connectivity index (χ1v) is 5.41. The van der Waals surface area contributed by atoms with E-state index >= 15 is 0 Å². The zero-order valence-electron chi connectivity index (χ0n) is 9.92. The minimum atomic E-state index is -0.851. The monoisotopic (exact) mass is 277 g/mol. The average Bonchev–Trinajstić information content (AvgIpc) is 2.37. The van der Waals surface area contributed by atoms with Crippen LogP contribution in [0, 0.1) is 15.9 Å². The molecule has 8 heteroatoms. The molecular formula is C12H8FN3O4. The second-order valence-electron chi connectivity index (χ2n) is 3.84. The van der Waals surface area contributed by atoms with Crippen molar-refractivity contribution in [2.45, 2.75) is 0 Å². The highest BCUT2D eigenvalue weighted by atomic mass is 19.1. The number of hydrogen-bond acceptors (Lipinski definition) is 4. The smallest absolute Gasteiger partial charge is 0.274 e. The summed E-state index contributed by atoms with van der Waals surface area (Å²) in [6.45, 7) is 0. The predicted molar refractivity (Wildman–Crippen MR) is 68.1 cm³/mol. The van der Waals surface area contributed by atoms with Gasteiger partial charge in [-0.05, 0) is 12.1 Å². The Morgan fingerprint density at radius 2 is 2.05 bits per heavy atom. The number of rotatable bonds is 3. The Labute approximate surface area is 111 Å². The number of aromatic amines is 1. The molecule has 1 aromatic heterocycles. The first kappa shape index (κ1) is 13.4. The second-order valence-corrected chi connectivity index (χ2v) is 3.84. The molecule has 0 unspecified atom stereocenters. The van der Waals surface area contributed by atoms with Crippen molar-refractivity contribution in [2.75, 3.05) is 5.32 Å². The van der Waals surface area contributed by atoms with Crippen LogP contribution in [0.3, 0.4) is 0 Å². The van der Waals surface area contributed by atoms with Gasteiger partial charge in [-0.2, -0.15) is 0 Å². The molecule has 1 aromatic carbocycles. The molecule has 1 amide bonds. The summed E-state index contributed by atoms with van der Waals surface area (Å²) in [4.78, 5) is 34.9. The maximum atomic E-state index is 13.2. The van der Waals surface area contributed by atoms with E-state index in [9.17, 15) is 24.1 Å². The van der Waals surface area contributed by atoms with E-state index in [0.29, 0.717) is 0 Å². The lowest BCUT2D eigenvalue weighted by Gasteiger charge is -2.05. The van der Waals surface area contributed by atoms with E-state index in [1.165, 1.54) is 18.2 Å². The van der Waals surface area contributed by atoms with E-state index < -0.39 is 27.9 Å². The summed E-state index contributed by atoms with van der Waals surface area (Å²) in [5.41, 5.74) is -1.07. The van der Waals surface area contributed by atoms with Crippen LogP contribution in [0.25, 0.3) is 0 Å². The van der Waals surface area contributed by atoms with Crippen LogP contribution < -0.4 is 10.9 Å². The summed E-state index contributed by atoms with van der Waals surface area (Å²) >= 11 is 0. The molecular weight excluding hydrogens is 269 g/mol. The molecule has 0 radical (unpaired) electrons. The van der Waals surface area contributed by atoms with Crippen LogP contribution >= 0.6 is 0 Å². The molecule has 7 nitrogen and oxygen atoms in total. The topological polar surface area (TPSA) is 105 Å². The van der Waals surface area contributed by atoms with E-state index in [4.69, 9.17) is 0 Å². The van der Waals surface area contributed by atoms with Gasteiger partial charge in [0.2, 0.25) is 5.56 Å². The van der Waals surface area contributed by atoms with Gasteiger partial charge in [0.05, 0.1) is 16.7 Å². The number of nitro benzene ring substituents is 1. The Hall–Kier alpha value is -3.03. The number of nitro groups is 1. The number of anilines is 1. The molecule has 2 rings (SSSR count). The normalized spacial score (nSPS) is 10.1. The third-order valence-corrected chi connectivity index (χ3v) is 2.36. The van der Waals surface area contributed by atoms with Gasteiger partial charge in [-0.3, -0.25) is 19.7 Å². The summed E-state index contributed by atoms with van der Waals surface area (Å²) in [6.07, 6.45) is 0. The Morgan fingerprint density at radius 3 is 2.70 bits per heavy atom. The van der Waals surface area contributed by atoms with Crippen LogP contribution in [-0.4, -0.2) is 15.8 Å². The number of hydrogen-bond donors (Lipinski definition) is 2. The number of pyridine rings is 1. The molecule has 0 saturated heterocycles. The van der Waals surface area contributed by atoms with Crippen molar-refractivity contribution >= 4 is 17.3 Å². The third kappa shape index (κ3) is 3.05. The van der Waals surface area contributed by atoms with Crippen molar-refractivity contribution in [3.63, 3.8) is 0 Å². The highest BCUT2D eigenvalue weighted by Gasteiger charge is 2.13. The summed E-state index contributed by atoms with van der Waals surface area (Å²) < 4.78 is 13.2. The third-order valence-electron chi connectivity index (χ3n) is 2.36. The Kier molecular flexibility index (Phi) is 3.56. The van der Waals surface area contributed by atoms with Crippen LogP contribution in [0.5, 0.6) is 0 Å². The lowest BCUT2D eigenvalue weighted by atomic mass is 10.2. The van der Waals surface area contributed by atoms with E-state index in [-0.39, 0.29) is 11.4 Å². The summed E-state index contributed by atoms with van der Waals surface area (Å²) in [6, 6.07) is 6.64. The molecule has 102 valence electrons. The number of carbonyl (C=O) groups is 1. The largest absolute Gasteiger partial charge is 0.320 e. The minimum absolute atomic E-state index is 0.0376. The number of amides is 1. The van der Waals surface area contributed by atoms with Crippen molar-refractivity contribution in [1.29, 1.82) is 0 Å². The van der Waals surface area contributed by atoms with Gasteiger partial charge in [-0.25, -0.2) is 4.39 Å². The van der Waals surface area contributed by atoms with Crippen LogP contribution in [0.2, 0.25) is 0 Å². The van der Waals surface area contributed by atoms with Crippen LogP contribution in [-0.2, 0) is 0 Å². The van der Waals surface area contributed by atoms with Gasteiger partial charge < -0.3 is 10.3 Å². The van der Waals surface area contributed by atoms with Crippen molar-refractivity contribution in [3.05, 3.63) is 68.4 Å². The number of non-ortho nitro benzene ring substituents is 1. The maximum absolute atomic E-state index is 13.2. The zero-order chi connectivity index (χ0) is 14.7. The molecule has 0 aliphatic carbocycles. The van der Waals surface area contributed by atoms with Crippen molar-refractivity contribution in [2.24, 2.45) is 0 Å². The van der Waals surface area contributed by atoms with E-state index in [0.717, 1.165) is 18.2 Å². The van der Waals surface area contributed by atoms with E-state index in [1.54, 1.807) is 0 Å². The van der Waals surface area contributed by atoms with Gasteiger partial charge in [-0.15, -0.1) is 0 Å². The van der Waals surface area contributed by atoms with Crippen LogP contribution in [0.1, 0.15) is 10.5 Å².